The highest BCUT2D eigenvalue weighted by molar-refractivity contribution is 5.98. The number of aromatic nitrogens is 2. The van der Waals surface area contributed by atoms with E-state index in [0.717, 1.165) is 31.6 Å². The lowest BCUT2D eigenvalue weighted by Crippen LogP contribution is -2.36. The summed E-state index contributed by atoms with van der Waals surface area (Å²) in [5, 5.41) is 7.11. The van der Waals surface area contributed by atoms with E-state index in [1.165, 1.54) is 0 Å². The molecule has 3 rings (SSSR count). The lowest BCUT2D eigenvalue weighted by Gasteiger charge is -2.22. The Balaban J connectivity index is 1.76. The number of hydrogen-bond donors (Lipinski definition) is 2. The number of likely N-dealkylation sites (N-methyl/N-ethyl adjacent to an activating group) is 1. The fourth-order valence-electron chi connectivity index (χ4n) is 3.15. The number of likely N-dealkylation sites (tertiary alicyclic amines) is 1. The highest BCUT2D eigenvalue weighted by Crippen LogP contribution is 2.42. The van der Waals surface area contributed by atoms with Crippen molar-refractivity contribution in [1.29, 1.82) is 0 Å². The Labute approximate surface area is 119 Å². The molecule has 2 heterocycles. The first-order valence-electron chi connectivity index (χ1n) is 7.28. The van der Waals surface area contributed by atoms with Gasteiger partial charge in [-0.15, -0.1) is 0 Å². The maximum atomic E-state index is 12.6. The normalized spacial score (nSPS) is 26.5. The average Bonchev–Trinajstić information content (AvgIpc) is 3.05. The number of nitrogens with zero attached hydrogens (tertiary/aromatic N) is 3. The number of hydrogen-bond acceptors (Lipinski definition) is 4. The molecule has 1 aromatic heterocycles. The van der Waals surface area contributed by atoms with Gasteiger partial charge in [0, 0.05) is 25.0 Å². The molecule has 2 unspecified atom stereocenters. The number of anilines is 1. The highest BCUT2D eigenvalue weighted by Gasteiger charge is 2.37. The van der Waals surface area contributed by atoms with Crippen molar-refractivity contribution in [3.05, 3.63) is 11.4 Å². The molecule has 1 saturated carbocycles. The van der Waals surface area contributed by atoms with Crippen LogP contribution in [0.4, 0.5) is 5.69 Å². The first-order valence-corrected chi connectivity index (χ1v) is 7.28. The molecule has 2 atom stereocenters. The molecule has 1 amide bonds. The fraction of sp³-hybridized carbons (Fsp3) is 0.714. The van der Waals surface area contributed by atoms with Gasteiger partial charge in [-0.1, -0.05) is 6.92 Å². The second-order valence-electron chi connectivity index (χ2n) is 6.39. The van der Waals surface area contributed by atoms with Crippen molar-refractivity contribution in [3.8, 4) is 0 Å². The van der Waals surface area contributed by atoms with E-state index in [1.807, 2.05) is 4.90 Å². The van der Waals surface area contributed by atoms with Crippen LogP contribution in [0.25, 0.3) is 0 Å². The summed E-state index contributed by atoms with van der Waals surface area (Å²) in [7, 11) is 4.12. The number of aromatic amines is 1. The van der Waals surface area contributed by atoms with Gasteiger partial charge in [-0.3, -0.25) is 9.89 Å². The van der Waals surface area contributed by atoms with E-state index in [-0.39, 0.29) is 5.91 Å². The Morgan fingerprint density at radius 1 is 1.40 bits per heavy atom. The molecule has 0 spiro atoms. The number of rotatable bonds is 3. The van der Waals surface area contributed by atoms with Crippen molar-refractivity contribution in [1.82, 2.24) is 20.0 Å². The summed E-state index contributed by atoms with van der Waals surface area (Å²) < 4.78 is 0. The van der Waals surface area contributed by atoms with Crippen LogP contribution < -0.4 is 5.73 Å². The van der Waals surface area contributed by atoms with Gasteiger partial charge in [-0.05, 0) is 32.9 Å². The lowest BCUT2D eigenvalue weighted by molar-refractivity contribution is 0.0776. The van der Waals surface area contributed by atoms with Crippen LogP contribution in [0.2, 0.25) is 0 Å². The van der Waals surface area contributed by atoms with E-state index < -0.39 is 0 Å². The average molecular weight is 277 g/mol. The van der Waals surface area contributed by atoms with Crippen LogP contribution in [-0.2, 0) is 0 Å². The molecule has 1 aliphatic carbocycles. The summed E-state index contributed by atoms with van der Waals surface area (Å²) in [5.74, 6) is 0.912. The summed E-state index contributed by atoms with van der Waals surface area (Å²) >= 11 is 0. The van der Waals surface area contributed by atoms with Crippen LogP contribution >= 0.6 is 0 Å². The summed E-state index contributed by atoms with van der Waals surface area (Å²) in [4.78, 5) is 16.6. The Hall–Kier alpha value is -1.56. The SMILES string of the molecule is CC1CN(C(=O)c2n[nH]c(C3CC3)c2N)CC1N(C)C. The second kappa shape index (κ2) is 4.77. The summed E-state index contributed by atoms with van der Waals surface area (Å²) in [6.45, 7) is 3.70. The van der Waals surface area contributed by atoms with E-state index in [9.17, 15) is 4.79 Å². The summed E-state index contributed by atoms with van der Waals surface area (Å²) in [6.07, 6.45) is 2.28. The first-order chi connectivity index (χ1) is 9.49. The molecule has 110 valence electrons. The Kier molecular flexibility index (Phi) is 3.20. The molecular weight excluding hydrogens is 254 g/mol. The number of nitrogen functional groups attached to an aromatic ring is 1. The van der Waals surface area contributed by atoms with Gasteiger partial charge in [0.05, 0.1) is 11.4 Å². The minimum atomic E-state index is -0.0400. The van der Waals surface area contributed by atoms with E-state index in [1.54, 1.807) is 0 Å². The van der Waals surface area contributed by atoms with Crippen LogP contribution in [0, 0.1) is 5.92 Å². The number of H-pyrrole nitrogens is 1. The van der Waals surface area contributed by atoms with E-state index in [0.29, 0.717) is 29.3 Å². The maximum absolute atomic E-state index is 12.6. The highest BCUT2D eigenvalue weighted by atomic mass is 16.2. The molecular formula is C14H23N5O. The molecule has 1 saturated heterocycles. The Morgan fingerprint density at radius 2 is 2.10 bits per heavy atom. The number of amides is 1. The Morgan fingerprint density at radius 3 is 2.65 bits per heavy atom. The van der Waals surface area contributed by atoms with Crippen molar-refractivity contribution in [2.24, 2.45) is 5.92 Å². The lowest BCUT2D eigenvalue weighted by atomic mass is 10.1. The monoisotopic (exact) mass is 277 g/mol. The molecule has 20 heavy (non-hydrogen) atoms. The first kappa shape index (κ1) is 13.4. The van der Waals surface area contributed by atoms with Gasteiger partial charge in [-0.25, -0.2) is 0 Å². The van der Waals surface area contributed by atoms with Gasteiger partial charge < -0.3 is 15.5 Å². The predicted molar refractivity (Wildman–Crippen MR) is 77.5 cm³/mol. The van der Waals surface area contributed by atoms with E-state index in [4.69, 9.17) is 5.73 Å². The second-order valence-corrected chi connectivity index (χ2v) is 6.39. The van der Waals surface area contributed by atoms with Gasteiger partial charge in [0.2, 0.25) is 0 Å². The fourth-order valence-corrected chi connectivity index (χ4v) is 3.15. The molecule has 0 aromatic carbocycles. The number of carbonyl (C=O) groups excluding carboxylic acids is 1. The van der Waals surface area contributed by atoms with Crippen molar-refractivity contribution in [2.75, 3.05) is 32.9 Å². The number of nitrogens with one attached hydrogen (secondary N) is 1. The van der Waals surface area contributed by atoms with Crippen LogP contribution in [-0.4, -0.2) is 59.1 Å². The molecule has 2 aliphatic rings. The largest absolute Gasteiger partial charge is 0.395 e. The minimum absolute atomic E-state index is 0.0400. The zero-order valence-corrected chi connectivity index (χ0v) is 12.4. The topological polar surface area (TPSA) is 78.2 Å². The molecule has 3 N–H and O–H groups in total. The van der Waals surface area contributed by atoms with Crippen molar-refractivity contribution < 1.29 is 4.79 Å². The molecule has 1 aliphatic heterocycles. The van der Waals surface area contributed by atoms with Crippen LogP contribution in [0.1, 0.15) is 41.9 Å². The third-order valence-corrected chi connectivity index (χ3v) is 4.54. The molecule has 0 bridgehead atoms. The molecule has 6 heteroatoms. The van der Waals surface area contributed by atoms with Crippen LogP contribution in [0.15, 0.2) is 0 Å². The van der Waals surface area contributed by atoms with Gasteiger partial charge in [0.15, 0.2) is 5.69 Å². The summed E-state index contributed by atoms with van der Waals surface area (Å²) in [5.41, 5.74) is 7.99. The third kappa shape index (κ3) is 2.18. The zero-order chi connectivity index (χ0) is 14.4. The number of carbonyl (C=O) groups is 1. The van der Waals surface area contributed by atoms with Gasteiger partial charge >= 0.3 is 0 Å². The third-order valence-electron chi connectivity index (χ3n) is 4.54. The van der Waals surface area contributed by atoms with E-state index >= 15 is 0 Å². The maximum Gasteiger partial charge on any atom is 0.276 e. The molecule has 0 radical (unpaired) electrons. The van der Waals surface area contributed by atoms with Crippen molar-refractivity contribution in [3.63, 3.8) is 0 Å². The van der Waals surface area contributed by atoms with Gasteiger partial charge in [0.25, 0.3) is 5.91 Å². The van der Waals surface area contributed by atoms with Crippen molar-refractivity contribution >= 4 is 11.6 Å². The predicted octanol–water partition coefficient (Wildman–Crippen LogP) is 0.891. The standard InChI is InChI=1S/C14H23N5O/c1-8-6-19(7-10(8)18(2)3)14(20)13-11(15)12(16-17-13)9-4-5-9/h8-10H,4-7,15H2,1-3H3,(H,16,17). The van der Waals surface area contributed by atoms with Crippen LogP contribution in [0.5, 0.6) is 0 Å². The molecule has 2 fully saturated rings. The Bertz CT molecular complexity index is 520. The molecule has 1 aromatic rings. The van der Waals surface area contributed by atoms with Crippen molar-refractivity contribution in [2.45, 2.75) is 31.7 Å². The minimum Gasteiger partial charge on any atom is -0.395 e. The summed E-state index contributed by atoms with van der Waals surface area (Å²) in [6, 6.07) is 0.405. The van der Waals surface area contributed by atoms with E-state index in [2.05, 4.69) is 36.1 Å². The van der Waals surface area contributed by atoms with Crippen LogP contribution in [0.3, 0.4) is 0 Å². The van der Waals surface area contributed by atoms with Gasteiger partial charge in [-0.2, -0.15) is 5.10 Å². The quantitative estimate of drug-likeness (QED) is 0.860. The molecule has 6 nitrogen and oxygen atoms in total. The van der Waals surface area contributed by atoms with Gasteiger partial charge in [0.1, 0.15) is 0 Å². The smallest absolute Gasteiger partial charge is 0.276 e. The zero-order valence-electron chi connectivity index (χ0n) is 12.4. The number of nitrogens with two attached hydrogens (primary N) is 1.